The van der Waals surface area contributed by atoms with Crippen molar-refractivity contribution < 1.29 is 4.79 Å². The highest BCUT2D eigenvalue weighted by Crippen LogP contribution is 2.26. The summed E-state index contributed by atoms with van der Waals surface area (Å²) in [7, 11) is 0. The summed E-state index contributed by atoms with van der Waals surface area (Å²) in [5.41, 5.74) is 7.00. The van der Waals surface area contributed by atoms with E-state index >= 15 is 0 Å². The first-order valence-electron chi connectivity index (χ1n) is 6.41. The van der Waals surface area contributed by atoms with Gasteiger partial charge in [0.15, 0.2) is 0 Å². The summed E-state index contributed by atoms with van der Waals surface area (Å²) in [6.07, 6.45) is 0.532. The minimum absolute atomic E-state index is 0. The largest absolute Gasteiger partial charge is 0.347 e. The Morgan fingerprint density at radius 3 is 2.52 bits per heavy atom. The SMILES string of the molecule is CC(NC(=O)C(N)Cc1ccccc1)c1ccc(Cl)s1.Cl. The number of nitrogens with one attached hydrogen (secondary N) is 1. The van der Waals surface area contributed by atoms with Crippen molar-refractivity contribution >= 4 is 41.3 Å². The highest BCUT2D eigenvalue weighted by atomic mass is 35.5. The molecule has 0 aliphatic carbocycles. The van der Waals surface area contributed by atoms with Crippen LogP contribution in [0.3, 0.4) is 0 Å². The molecule has 0 radical (unpaired) electrons. The number of carbonyl (C=O) groups is 1. The fourth-order valence-electron chi connectivity index (χ4n) is 1.91. The molecule has 0 spiro atoms. The van der Waals surface area contributed by atoms with Crippen molar-refractivity contribution in [2.45, 2.75) is 25.4 Å². The topological polar surface area (TPSA) is 55.1 Å². The maximum atomic E-state index is 12.1. The van der Waals surface area contributed by atoms with E-state index in [1.54, 1.807) is 0 Å². The molecule has 3 N–H and O–H groups in total. The second kappa shape index (κ2) is 8.39. The summed E-state index contributed by atoms with van der Waals surface area (Å²) >= 11 is 7.36. The van der Waals surface area contributed by atoms with Gasteiger partial charge in [-0.15, -0.1) is 23.7 Å². The summed E-state index contributed by atoms with van der Waals surface area (Å²) < 4.78 is 0.717. The molecule has 2 atom stereocenters. The molecule has 0 saturated carbocycles. The predicted octanol–water partition coefficient (Wildman–Crippen LogP) is 3.57. The van der Waals surface area contributed by atoms with Gasteiger partial charge in [0.2, 0.25) is 5.91 Å². The summed E-state index contributed by atoms with van der Waals surface area (Å²) in [5.74, 6) is -0.147. The normalized spacial score (nSPS) is 13.1. The number of thiophene rings is 1. The third kappa shape index (κ3) is 5.32. The molecule has 2 unspecified atom stereocenters. The van der Waals surface area contributed by atoms with Gasteiger partial charge in [-0.1, -0.05) is 41.9 Å². The Hall–Kier alpha value is -1.07. The van der Waals surface area contributed by atoms with Crippen LogP contribution < -0.4 is 11.1 Å². The van der Waals surface area contributed by atoms with E-state index in [0.29, 0.717) is 6.42 Å². The van der Waals surface area contributed by atoms with Crippen molar-refractivity contribution in [3.05, 3.63) is 57.2 Å². The molecule has 2 rings (SSSR count). The van der Waals surface area contributed by atoms with Crippen LogP contribution in [-0.2, 0) is 11.2 Å². The fraction of sp³-hybridized carbons (Fsp3) is 0.267. The Bertz CT molecular complexity index is 574. The van der Waals surface area contributed by atoms with Gasteiger partial charge in [-0.3, -0.25) is 4.79 Å². The standard InChI is InChI=1S/C15H17ClN2OS.ClH/c1-10(13-7-8-14(16)20-13)18-15(19)12(17)9-11-5-3-2-4-6-11;/h2-8,10,12H,9,17H2,1H3,(H,18,19);1H. The lowest BCUT2D eigenvalue weighted by molar-refractivity contribution is -0.122. The van der Waals surface area contributed by atoms with Crippen LogP contribution in [0.25, 0.3) is 0 Å². The molecule has 2 aromatic rings. The molecule has 1 amide bonds. The predicted molar refractivity (Wildman–Crippen MR) is 91.3 cm³/mol. The third-order valence-corrected chi connectivity index (χ3v) is 4.43. The zero-order valence-corrected chi connectivity index (χ0v) is 14.0. The average Bonchev–Trinajstić information content (AvgIpc) is 2.86. The lowest BCUT2D eigenvalue weighted by Crippen LogP contribution is -2.42. The van der Waals surface area contributed by atoms with Crippen molar-refractivity contribution in [2.24, 2.45) is 5.73 Å². The number of carbonyl (C=O) groups excluding carboxylic acids is 1. The first-order chi connectivity index (χ1) is 9.56. The van der Waals surface area contributed by atoms with Crippen LogP contribution in [0, 0.1) is 0 Å². The molecule has 1 heterocycles. The van der Waals surface area contributed by atoms with E-state index in [4.69, 9.17) is 17.3 Å². The first-order valence-corrected chi connectivity index (χ1v) is 7.61. The van der Waals surface area contributed by atoms with Crippen molar-refractivity contribution in [1.29, 1.82) is 0 Å². The minimum atomic E-state index is -0.546. The number of amides is 1. The Morgan fingerprint density at radius 1 is 1.29 bits per heavy atom. The van der Waals surface area contributed by atoms with E-state index < -0.39 is 6.04 Å². The monoisotopic (exact) mass is 344 g/mol. The Kier molecular flexibility index (Phi) is 7.18. The first kappa shape index (κ1) is 18.0. The second-order valence-electron chi connectivity index (χ2n) is 4.67. The Morgan fingerprint density at radius 2 is 1.95 bits per heavy atom. The van der Waals surface area contributed by atoms with E-state index in [1.165, 1.54) is 11.3 Å². The smallest absolute Gasteiger partial charge is 0.237 e. The van der Waals surface area contributed by atoms with E-state index in [9.17, 15) is 4.79 Å². The van der Waals surface area contributed by atoms with Crippen molar-refractivity contribution in [3.8, 4) is 0 Å². The summed E-state index contributed by atoms with van der Waals surface area (Å²) in [6, 6.07) is 12.9. The number of hydrogen-bond acceptors (Lipinski definition) is 3. The molecule has 3 nitrogen and oxygen atoms in total. The van der Waals surface area contributed by atoms with Crippen molar-refractivity contribution in [2.75, 3.05) is 0 Å². The molecule has 1 aromatic carbocycles. The van der Waals surface area contributed by atoms with Gasteiger partial charge in [0, 0.05) is 4.88 Å². The van der Waals surface area contributed by atoms with Gasteiger partial charge >= 0.3 is 0 Å². The number of benzene rings is 1. The van der Waals surface area contributed by atoms with Crippen LogP contribution in [0.5, 0.6) is 0 Å². The zero-order chi connectivity index (χ0) is 14.5. The average molecular weight is 345 g/mol. The van der Waals surface area contributed by atoms with Crippen LogP contribution in [0.1, 0.15) is 23.4 Å². The zero-order valence-electron chi connectivity index (χ0n) is 11.6. The van der Waals surface area contributed by atoms with Gasteiger partial charge in [-0.05, 0) is 31.0 Å². The molecular weight excluding hydrogens is 327 g/mol. The van der Waals surface area contributed by atoms with Gasteiger partial charge in [0.1, 0.15) is 0 Å². The van der Waals surface area contributed by atoms with Crippen molar-refractivity contribution in [3.63, 3.8) is 0 Å². The van der Waals surface area contributed by atoms with Crippen molar-refractivity contribution in [1.82, 2.24) is 5.32 Å². The van der Waals surface area contributed by atoms with Crippen LogP contribution in [0.2, 0.25) is 4.34 Å². The van der Waals surface area contributed by atoms with Gasteiger partial charge < -0.3 is 11.1 Å². The van der Waals surface area contributed by atoms with Gasteiger partial charge in [-0.25, -0.2) is 0 Å². The Balaban J connectivity index is 0.00000220. The summed E-state index contributed by atoms with van der Waals surface area (Å²) in [6.45, 7) is 1.93. The molecule has 6 heteroatoms. The lowest BCUT2D eigenvalue weighted by atomic mass is 10.1. The van der Waals surface area contributed by atoms with Gasteiger partial charge in [-0.2, -0.15) is 0 Å². The summed E-state index contributed by atoms with van der Waals surface area (Å²) in [4.78, 5) is 13.1. The van der Waals surface area contributed by atoms with Crippen LogP contribution in [0.4, 0.5) is 0 Å². The minimum Gasteiger partial charge on any atom is -0.347 e. The maximum absolute atomic E-state index is 12.1. The molecule has 0 aliphatic rings. The van der Waals surface area contributed by atoms with Gasteiger partial charge in [0.25, 0.3) is 0 Å². The number of nitrogens with two attached hydrogens (primary N) is 1. The lowest BCUT2D eigenvalue weighted by Gasteiger charge is -2.16. The molecule has 1 aromatic heterocycles. The number of halogens is 2. The number of rotatable bonds is 5. The molecule has 0 bridgehead atoms. The highest BCUT2D eigenvalue weighted by Gasteiger charge is 2.17. The van der Waals surface area contributed by atoms with E-state index in [1.807, 2.05) is 49.4 Å². The maximum Gasteiger partial charge on any atom is 0.237 e. The van der Waals surface area contributed by atoms with Crippen LogP contribution in [0.15, 0.2) is 42.5 Å². The van der Waals surface area contributed by atoms with E-state index in [2.05, 4.69) is 5.32 Å². The molecule has 114 valence electrons. The van der Waals surface area contributed by atoms with Crippen LogP contribution >= 0.6 is 35.3 Å². The number of hydrogen-bond donors (Lipinski definition) is 2. The molecule has 0 saturated heterocycles. The van der Waals surface area contributed by atoms with Crippen LogP contribution in [-0.4, -0.2) is 11.9 Å². The van der Waals surface area contributed by atoms with E-state index in [0.717, 1.165) is 14.8 Å². The molecule has 0 fully saturated rings. The second-order valence-corrected chi connectivity index (χ2v) is 6.42. The third-order valence-electron chi connectivity index (χ3n) is 3.01. The molecule has 21 heavy (non-hydrogen) atoms. The summed E-state index contributed by atoms with van der Waals surface area (Å²) in [5, 5.41) is 2.92. The molecular formula is C15H18Cl2N2OS. The fourth-order valence-corrected chi connectivity index (χ4v) is 2.98. The quantitative estimate of drug-likeness (QED) is 0.870. The van der Waals surface area contributed by atoms with E-state index in [-0.39, 0.29) is 24.4 Å². The Labute approximate surface area is 139 Å². The highest BCUT2D eigenvalue weighted by molar-refractivity contribution is 7.16. The molecule has 0 aliphatic heterocycles. The van der Waals surface area contributed by atoms with Gasteiger partial charge in [0.05, 0.1) is 16.4 Å².